The molecule has 4 N–H and O–H groups in total. The maximum absolute atomic E-state index is 12.7. The van der Waals surface area contributed by atoms with Crippen molar-refractivity contribution in [2.24, 2.45) is 0 Å². The Bertz CT molecular complexity index is 1080. The highest BCUT2D eigenvalue weighted by Crippen LogP contribution is 2.31. The number of aliphatic hydroxyl groups is 1. The summed E-state index contributed by atoms with van der Waals surface area (Å²) in [5.41, 5.74) is 6.02. The Kier molecular flexibility index (Phi) is 6.66. The third-order valence-electron chi connectivity index (χ3n) is 5.95. The first kappa shape index (κ1) is 23.5. The van der Waals surface area contributed by atoms with Gasteiger partial charge in [0.25, 0.3) is 0 Å². The molecular formula is C20H30N8O4S. The smallest absolute Gasteiger partial charge is 0.228 e. The fraction of sp³-hybridized carbons (Fsp3) is 0.600. The van der Waals surface area contributed by atoms with Gasteiger partial charge < -0.3 is 25.8 Å². The molecule has 2 aliphatic rings. The van der Waals surface area contributed by atoms with E-state index in [1.54, 1.807) is 32.3 Å². The lowest BCUT2D eigenvalue weighted by molar-refractivity contribution is 0.122. The molecule has 2 fully saturated rings. The SMILES string of the molecule is CC(C)S(=O)(=O)N1CC[C@](CO)(Nc2cc(-c3cnc(N)nc3)nc(N3CCOCC3)n2)C1. The molecule has 33 heavy (non-hydrogen) atoms. The van der Waals surface area contributed by atoms with E-state index < -0.39 is 20.8 Å². The van der Waals surface area contributed by atoms with Crippen molar-refractivity contribution in [1.29, 1.82) is 0 Å². The quantitative estimate of drug-likeness (QED) is 0.489. The zero-order chi connectivity index (χ0) is 23.6. The molecule has 2 aromatic rings. The van der Waals surface area contributed by atoms with Crippen LogP contribution < -0.4 is 16.0 Å². The largest absolute Gasteiger partial charge is 0.394 e. The first-order valence-corrected chi connectivity index (χ1v) is 12.4. The van der Waals surface area contributed by atoms with Crippen LogP contribution >= 0.6 is 0 Å². The highest BCUT2D eigenvalue weighted by Gasteiger charge is 2.43. The van der Waals surface area contributed by atoms with Crippen molar-refractivity contribution in [3.8, 4) is 11.3 Å². The molecule has 2 aliphatic heterocycles. The molecule has 0 amide bonds. The van der Waals surface area contributed by atoms with E-state index in [1.165, 1.54) is 4.31 Å². The second-order valence-corrected chi connectivity index (χ2v) is 11.1. The summed E-state index contributed by atoms with van der Waals surface area (Å²) in [5.74, 6) is 1.15. The number of nitrogen functional groups attached to an aromatic ring is 1. The Morgan fingerprint density at radius 2 is 1.91 bits per heavy atom. The molecule has 12 nitrogen and oxygen atoms in total. The van der Waals surface area contributed by atoms with Gasteiger partial charge in [-0.15, -0.1) is 0 Å². The van der Waals surface area contributed by atoms with Gasteiger partial charge in [-0.3, -0.25) is 0 Å². The van der Waals surface area contributed by atoms with Crippen LogP contribution in [0.4, 0.5) is 17.7 Å². The molecule has 2 aromatic heterocycles. The summed E-state index contributed by atoms with van der Waals surface area (Å²) in [4.78, 5) is 19.5. The van der Waals surface area contributed by atoms with Crippen LogP contribution in [0.3, 0.4) is 0 Å². The molecule has 0 spiro atoms. The summed E-state index contributed by atoms with van der Waals surface area (Å²) in [6, 6.07) is 1.75. The van der Waals surface area contributed by atoms with Crippen molar-refractivity contribution in [3.63, 3.8) is 0 Å². The lowest BCUT2D eigenvalue weighted by Gasteiger charge is -2.31. The van der Waals surface area contributed by atoms with Crippen molar-refractivity contribution in [3.05, 3.63) is 18.5 Å². The highest BCUT2D eigenvalue weighted by molar-refractivity contribution is 7.89. The number of aliphatic hydroxyl groups excluding tert-OH is 1. The van der Waals surface area contributed by atoms with Crippen LogP contribution in [0.1, 0.15) is 20.3 Å². The zero-order valence-corrected chi connectivity index (χ0v) is 19.6. The molecular weight excluding hydrogens is 448 g/mol. The predicted molar refractivity (Wildman–Crippen MR) is 124 cm³/mol. The van der Waals surface area contributed by atoms with Crippen LogP contribution in [0, 0.1) is 0 Å². The number of nitrogens with zero attached hydrogens (tertiary/aromatic N) is 6. The Hall–Kier alpha value is -2.61. The Balaban J connectivity index is 1.67. The van der Waals surface area contributed by atoms with E-state index in [2.05, 4.69) is 25.3 Å². The van der Waals surface area contributed by atoms with Crippen LogP contribution in [-0.2, 0) is 14.8 Å². The van der Waals surface area contributed by atoms with E-state index in [4.69, 9.17) is 10.5 Å². The second kappa shape index (κ2) is 9.33. The molecule has 1 atom stereocenters. The average Bonchev–Trinajstić information content (AvgIpc) is 3.25. The summed E-state index contributed by atoms with van der Waals surface area (Å²) in [5, 5.41) is 13.0. The summed E-state index contributed by atoms with van der Waals surface area (Å²) < 4.78 is 32.2. The van der Waals surface area contributed by atoms with Crippen LogP contribution in [-0.4, -0.2) is 94.6 Å². The topological polar surface area (TPSA) is 160 Å². The molecule has 4 rings (SSSR count). The van der Waals surface area contributed by atoms with E-state index in [-0.39, 0.29) is 19.1 Å². The van der Waals surface area contributed by atoms with E-state index in [1.807, 2.05) is 4.90 Å². The average molecular weight is 479 g/mol. The Morgan fingerprint density at radius 1 is 1.21 bits per heavy atom. The van der Waals surface area contributed by atoms with Crippen molar-refractivity contribution < 1.29 is 18.3 Å². The number of nitrogens with two attached hydrogens (primary N) is 1. The maximum Gasteiger partial charge on any atom is 0.228 e. The van der Waals surface area contributed by atoms with Gasteiger partial charge in [0, 0.05) is 50.2 Å². The summed E-state index contributed by atoms with van der Waals surface area (Å²) in [6.45, 7) is 5.99. The van der Waals surface area contributed by atoms with E-state index in [9.17, 15) is 13.5 Å². The molecule has 0 aliphatic carbocycles. The Morgan fingerprint density at radius 3 is 2.55 bits per heavy atom. The fourth-order valence-electron chi connectivity index (χ4n) is 3.91. The normalized spacial score (nSPS) is 22.1. The number of rotatable bonds is 7. The molecule has 0 unspecified atom stereocenters. The molecule has 0 saturated carbocycles. The fourth-order valence-corrected chi connectivity index (χ4v) is 5.28. The van der Waals surface area contributed by atoms with Crippen molar-refractivity contribution in [2.45, 2.75) is 31.1 Å². The van der Waals surface area contributed by atoms with Gasteiger partial charge in [0.2, 0.25) is 21.9 Å². The number of morpholine rings is 1. The number of aromatic nitrogens is 4. The van der Waals surface area contributed by atoms with Crippen LogP contribution in [0.25, 0.3) is 11.3 Å². The highest BCUT2D eigenvalue weighted by atomic mass is 32.2. The van der Waals surface area contributed by atoms with Gasteiger partial charge >= 0.3 is 0 Å². The van der Waals surface area contributed by atoms with Crippen molar-refractivity contribution in [1.82, 2.24) is 24.2 Å². The molecule has 0 bridgehead atoms. The molecule has 0 aromatic carbocycles. The third-order valence-corrected chi connectivity index (χ3v) is 8.17. The third kappa shape index (κ3) is 5.00. The van der Waals surface area contributed by atoms with Gasteiger partial charge in [0.05, 0.1) is 36.3 Å². The number of hydrogen-bond donors (Lipinski definition) is 3. The predicted octanol–water partition coefficient (Wildman–Crippen LogP) is -0.0607. The lowest BCUT2D eigenvalue weighted by Crippen LogP contribution is -2.47. The van der Waals surface area contributed by atoms with Gasteiger partial charge in [-0.1, -0.05) is 0 Å². The van der Waals surface area contributed by atoms with Gasteiger partial charge in [0.1, 0.15) is 5.82 Å². The molecule has 4 heterocycles. The van der Waals surface area contributed by atoms with E-state index >= 15 is 0 Å². The number of nitrogens with one attached hydrogen (secondary N) is 1. The monoisotopic (exact) mass is 478 g/mol. The molecule has 2 saturated heterocycles. The molecule has 13 heteroatoms. The minimum atomic E-state index is -3.43. The Labute approximate surface area is 193 Å². The van der Waals surface area contributed by atoms with Gasteiger partial charge in [-0.25, -0.2) is 23.4 Å². The van der Waals surface area contributed by atoms with Gasteiger partial charge in [-0.05, 0) is 20.3 Å². The molecule has 0 radical (unpaired) electrons. The number of ether oxygens (including phenoxy) is 1. The first-order valence-electron chi connectivity index (χ1n) is 10.9. The van der Waals surface area contributed by atoms with Crippen molar-refractivity contribution >= 4 is 27.7 Å². The summed E-state index contributed by atoms with van der Waals surface area (Å²) in [6.07, 6.45) is 3.63. The van der Waals surface area contributed by atoms with Crippen molar-refractivity contribution in [2.75, 3.05) is 62.0 Å². The van der Waals surface area contributed by atoms with Crippen LogP contribution in [0.5, 0.6) is 0 Å². The van der Waals surface area contributed by atoms with Crippen LogP contribution in [0.2, 0.25) is 0 Å². The summed E-state index contributed by atoms with van der Waals surface area (Å²) in [7, 11) is -3.43. The first-order chi connectivity index (χ1) is 15.7. The maximum atomic E-state index is 12.7. The summed E-state index contributed by atoms with van der Waals surface area (Å²) >= 11 is 0. The molecule has 180 valence electrons. The van der Waals surface area contributed by atoms with E-state index in [0.29, 0.717) is 62.3 Å². The number of sulfonamides is 1. The zero-order valence-electron chi connectivity index (χ0n) is 18.8. The van der Waals surface area contributed by atoms with Crippen LogP contribution in [0.15, 0.2) is 18.5 Å². The van der Waals surface area contributed by atoms with E-state index in [0.717, 1.165) is 0 Å². The number of hydrogen-bond acceptors (Lipinski definition) is 11. The second-order valence-electron chi connectivity index (χ2n) is 8.61. The standard InChI is InChI=1S/C20H30N8O4S/c1-14(2)33(30,31)28-4-3-20(12-28,13-29)26-17-9-16(15-10-22-18(21)23-11-15)24-19(25-17)27-5-7-32-8-6-27/h9-11,14,29H,3-8,12-13H2,1-2H3,(H2,21,22,23)(H,24,25,26)/t20-/m0/s1. The van der Waals surface area contributed by atoms with Gasteiger partial charge in [-0.2, -0.15) is 9.29 Å². The lowest BCUT2D eigenvalue weighted by atomic mass is 10.00. The number of anilines is 3. The minimum Gasteiger partial charge on any atom is -0.394 e. The minimum absolute atomic E-state index is 0.154. The van der Waals surface area contributed by atoms with Gasteiger partial charge in [0.15, 0.2) is 0 Å².